The number of hydrogen-bond acceptors (Lipinski definition) is 4. The smallest absolute Gasteiger partial charge is 0.269 e. The zero-order valence-electron chi connectivity index (χ0n) is 7.12. The van der Waals surface area contributed by atoms with Crippen LogP contribution < -0.4 is 4.72 Å². The van der Waals surface area contributed by atoms with Crippen LogP contribution in [0.5, 0.6) is 0 Å². The van der Waals surface area contributed by atoms with E-state index in [1.807, 2.05) is 0 Å². The number of nitro benzene ring substituents is 1. The molecule has 1 rings (SSSR count). The van der Waals surface area contributed by atoms with Gasteiger partial charge in [-0.15, -0.1) is 0 Å². The Labute approximate surface area is 105 Å². The molecule has 0 aliphatic carbocycles. The SMILES string of the molecule is O=[N+]([O-])c1ccc(NSC(Cl)(Cl)Cl)cc1. The summed E-state index contributed by atoms with van der Waals surface area (Å²) in [5.41, 5.74) is 0.636. The van der Waals surface area contributed by atoms with Crippen LogP contribution in [0.15, 0.2) is 24.3 Å². The number of anilines is 1. The van der Waals surface area contributed by atoms with Crippen LogP contribution in [0.2, 0.25) is 0 Å². The third-order valence-corrected chi connectivity index (χ3v) is 2.63. The number of hydrogen-bond donors (Lipinski definition) is 1. The van der Waals surface area contributed by atoms with Gasteiger partial charge in [-0.1, -0.05) is 34.8 Å². The van der Waals surface area contributed by atoms with E-state index in [1.54, 1.807) is 0 Å². The number of alkyl halides is 3. The molecule has 1 N–H and O–H groups in total. The minimum Gasteiger partial charge on any atom is -0.326 e. The second-order valence-corrected chi connectivity index (χ2v) is 6.43. The summed E-state index contributed by atoms with van der Waals surface area (Å²) in [4.78, 5) is 9.87. The molecule has 4 nitrogen and oxygen atoms in total. The van der Waals surface area contributed by atoms with Crippen molar-refractivity contribution < 1.29 is 4.92 Å². The number of nitro groups is 1. The van der Waals surface area contributed by atoms with Gasteiger partial charge in [-0.05, 0) is 12.1 Å². The lowest BCUT2D eigenvalue weighted by Crippen LogP contribution is -2.00. The van der Waals surface area contributed by atoms with Crippen LogP contribution in [-0.4, -0.2) is 8.05 Å². The standard InChI is InChI=1S/C7H5Cl3N2O2S/c8-7(9,10)15-11-5-1-3-6(4-2-5)12(13)14/h1-4,11H. The highest BCUT2D eigenvalue weighted by molar-refractivity contribution is 8.05. The number of nitrogens with one attached hydrogen (secondary N) is 1. The average molecular weight is 288 g/mol. The van der Waals surface area contributed by atoms with Gasteiger partial charge in [0.25, 0.3) is 8.81 Å². The Morgan fingerprint density at radius 1 is 1.27 bits per heavy atom. The zero-order valence-corrected chi connectivity index (χ0v) is 10.2. The molecule has 0 atom stereocenters. The van der Waals surface area contributed by atoms with Crippen LogP contribution >= 0.6 is 46.8 Å². The Morgan fingerprint density at radius 3 is 2.20 bits per heavy atom. The largest absolute Gasteiger partial charge is 0.326 e. The second-order valence-electron chi connectivity index (χ2n) is 2.45. The van der Waals surface area contributed by atoms with Crippen molar-refractivity contribution >= 4 is 58.1 Å². The van der Waals surface area contributed by atoms with Crippen LogP contribution in [0, 0.1) is 10.1 Å². The van der Waals surface area contributed by atoms with Crippen molar-refractivity contribution in [1.82, 2.24) is 0 Å². The molecule has 0 heterocycles. The molecule has 0 aromatic heterocycles. The van der Waals surface area contributed by atoms with Crippen molar-refractivity contribution in [3.8, 4) is 0 Å². The van der Waals surface area contributed by atoms with E-state index in [2.05, 4.69) is 4.72 Å². The van der Waals surface area contributed by atoms with E-state index in [0.717, 1.165) is 11.9 Å². The first-order valence-electron chi connectivity index (χ1n) is 3.64. The Bertz CT molecular complexity index is 352. The maximum absolute atomic E-state index is 10.3. The third-order valence-electron chi connectivity index (χ3n) is 1.36. The summed E-state index contributed by atoms with van der Waals surface area (Å²) in [6.45, 7) is 0. The van der Waals surface area contributed by atoms with Gasteiger partial charge in [0, 0.05) is 29.8 Å². The molecule has 0 bridgehead atoms. The van der Waals surface area contributed by atoms with Gasteiger partial charge in [0.1, 0.15) is 0 Å². The second kappa shape index (κ2) is 5.12. The first kappa shape index (κ1) is 12.7. The van der Waals surface area contributed by atoms with E-state index in [-0.39, 0.29) is 5.69 Å². The molecule has 0 aliphatic rings. The van der Waals surface area contributed by atoms with E-state index < -0.39 is 8.05 Å². The highest BCUT2D eigenvalue weighted by atomic mass is 35.6. The van der Waals surface area contributed by atoms with E-state index in [1.165, 1.54) is 24.3 Å². The quantitative estimate of drug-likeness (QED) is 0.395. The molecule has 82 valence electrons. The van der Waals surface area contributed by atoms with E-state index >= 15 is 0 Å². The van der Waals surface area contributed by atoms with Gasteiger partial charge in [0.2, 0.25) is 0 Å². The molecule has 8 heteroatoms. The molecule has 0 spiro atoms. The van der Waals surface area contributed by atoms with Crippen molar-refractivity contribution in [2.75, 3.05) is 4.72 Å². The van der Waals surface area contributed by atoms with Crippen molar-refractivity contribution in [2.24, 2.45) is 0 Å². The molecule has 0 unspecified atom stereocenters. The first-order valence-corrected chi connectivity index (χ1v) is 5.59. The molecule has 0 saturated heterocycles. The van der Waals surface area contributed by atoms with Gasteiger partial charge in [-0.25, -0.2) is 0 Å². The fourth-order valence-electron chi connectivity index (χ4n) is 0.768. The molecular weight excluding hydrogens is 283 g/mol. The van der Waals surface area contributed by atoms with Crippen LogP contribution in [-0.2, 0) is 0 Å². The molecule has 0 radical (unpaired) electrons. The van der Waals surface area contributed by atoms with Crippen LogP contribution in [0.4, 0.5) is 11.4 Å². The van der Waals surface area contributed by atoms with Crippen molar-refractivity contribution in [3.05, 3.63) is 34.4 Å². The topological polar surface area (TPSA) is 55.2 Å². The predicted octanol–water partition coefficient (Wildman–Crippen LogP) is 3.98. The molecule has 15 heavy (non-hydrogen) atoms. The summed E-state index contributed by atoms with van der Waals surface area (Å²) in [5, 5.41) is 10.3. The van der Waals surface area contributed by atoms with Crippen LogP contribution in [0.25, 0.3) is 0 Å². The maximum Gasteiger partial charge on any atom is 0.269 e. The molecule has 1 aromatic rings. The Morgan fingerprint density at radius 2 is 1.80 bits per heavy atom. The lowest BCUT2D eigenvalue weighted by molar-refractivity contribution is -0.384. The summed E-state index contributed by atoms with van der Waals surface area (Å²) in [7, 11) is 0. The fraction of sp³-hybridized carbons (Fsp3) is 0.143. The van der Waals surface area contributed by atoms with Crippen molar-refractivity contribution in [1.29, 1.82) is 0 Å². The molecule has 0 aliphatic heterocycles. The Kier molecular flexibility index (Phi) is 4.33. The molecule has 0 amide bonds. The van der Waals surface area contributed by atoms with Crippen molar-refractivity contribution in [3.63, 3.8) is 0 Å². The summed E-state index contributed by atoms with van der Waals surface area (Å²) in [6, 6.07) is 5.78. The zero-order chi connectivity index (χ0) is 11.5. The van der Waals surface area contributed by atoms with Gasteiger partial charge in [0.05, 0.1) is 4.92 Å². The number of non-ortho nitro benzene ring substituents is 1. The Hall–Kier alpha value is -0.360. The summed E-state index contributed by atoms with van der Waals surface area (Å²) in [6.07, 6.45) is 0. The fourth-order valence-corrected chi connectivity index (χ4v) is 1.48. The van der Waals surface area contributed by atoms with E-state index in [4.69, 9.17) is 34.8 Å². The molecule has 0 saturated carbocycles. The normalized spacial score (nSPS) is 11.1. The number of nitrogens with zero attached hydrogens (tertiary/aromatic N) is 1. The van der Waals surface area contributed by atoms with E-state index in [0.29, 0.717) is 5.69 Å². The van der Waals surface area contributed by atoms with Gasteiger partial charge >= 0.3 is 0 Å². The van der Waals surface area contributed by atoms with E-state index in [9.17, 15) is 10.1 Å². The predicted molar refractivity (Wildman–Crippen MR) is 64.6 cm³/mol. The molecular formula is C7H5Cl3N2O2S. The monoisotopic (exact) mass is 286 g/mol. The van der Waals surface area contributed by atoms with Crippen LogP contribution in [0.1, 0.15) is 0 Å². The minimum atomic E-state index is -1.47. The Balaban J connectivity index is 2.61. The van der Waals surface area contributed by atoms with Gasteiger partial charge in [-0.2, -0.15) is 0 Å². The molecule has 0 fully saturated rings. The third kappa shape index (κ3) is 4.79. The summed E-state index contributed by atoms with van der Waals surface area (Å²) < 4.78 is 1.28. The minimum absolute atomic E-state index is 0.0134. The number of halogens is 3. The maximum atomic E-state index is 10.3. The lowest BCUT2D eigenvalue weighted by atomic mass is 10.3. The number of benzene rings is 1. The summed E-state index contributed by atoms with van der Waals surface area (Å²) in [5.74, 6) is 0. The highest BCUT2D eigenvalue weighted by Crippen LogP contribution is 2.38. The first-order chi connectivity index (χ1) is 6.88. The van der Waals surface area contributed by atoms with Gasteiger partial charge < -0.3 is 4.72 Å². The molecule has 1 aromatic carbocycles. The van der Waals surface area contributed by atoms with Crippen molar-refractivity contribution in [2.45, 2.75) is 3.12 Å². The van der Waals surface area contributed by atoms with Gasteiger partial charge in [-0.3, -0.25) is 10.1 Å². The van der Waals surface area contributed by atoms with Crippen LogP contribution in [0.3, 0.4) is 0 Å². The van der Waals surface area contributed by atoms with Gasteiger partial charge in [0.15, 0.2) is 0 Å². The lowest BCUT2D eigenvalue weighted by Gasteiger charge is -2.11. The highest BCUT2D eigenvalue weighted by Gasteiger charge is 2.20. The number of rotatable bonds is 3. The summed E-state index contributed by atoms with van der Waals surface area (Å²) >= 11 is 17.3. The average Bonchev–Trinajstić information content (AvgIpc) is 2.14.